The third-order valence-electron chi connectivity index (χ3n) is 2.70. The fraction of sp³-hybridized carbons (Fsp3) is 0.286. The molecule has 0 saturated carbocycles. The number of halogens is 1. The van der Waals surface area contributed by atoms with E-state index < -0.39 is 0 Å². The Bertz CT molecular complexity index is 483. The number of hydrogen-bond acceptors (Lipinski definition) is 3. The molecule has 3 nitrogen and oxygen atoms in total. The van der Waals surface area contributed by atoms with Crippen LogP contribution < -0.4 is 10.1 Å². The van der Waals surface area contributed by atoms with Gasteiger partial charge in [0.15, 0.2) is 0 Å². The SMILES string of the molecule is COc1ccc(Br)c(CNCCc2ccco2)c1. The van der Waals surface area contributed by atoms with Gasteiger partial charge in [-0.05, 0) is 35.9 Å². The molecular formula is C14H16BrNO2. The lowest BCUT2D eigenvalue weighted by atomic mass is 10.2. The van der Waals surface area contributed by atoms with Gasteiger partial charge in [-0.1, -0.05) is 15.9 Å². The molecular weight excluding hydrogens is 294 g/mol. The van der Waals surface area contributed by atoms with Gasteiger partial charge in [-0.3, -0.25) is 0 Å². The maximum absolute atomic E-state index is 5.28. The molecule has 1 N–H and O–H groups in total. The molecule has 0 spiro atoms. The smallest absolute Gasteiger partial charge is 0.119 e. The zero-order valence-corrected chi connectivity index (χ0v) is 11.9. The summed E-state index contributed by atoms with van der Waals surface area (Å²) in [6.07, 6.45) is 2.60. The van der Waals surface area contributed by atoms with E-state index in [1.165, 1.54) is 5.56 Å². The van der Waals surface area contributed by atoms with Crippen molar-refractivity contribution in [2.75, 3.05) is 13.7 Å². The Morgan fingerprint density at radius 1 is 1.33 bits per heavy atom. The molecule has 2 rings (SSSR count). The van der Waals surface area contributed by atoms with Gasteiger partial charge in [-0.15, -0.1) is 0 Å². The van der Waals surface area contributed by atoms with Crippen molar-refractivity contribution in [2.24, 2.45) is 0 Å². The van der Waals surface area contributed by atoms with Gasteiger partial charge in [0.2, 0.25) is 0 Å². The molecule has 96 valence electrons. The maximum atomic E-state index is 5.28. The molecule has 0 aliphatic rings. The summed E-state index contributed by atoms with van der Waals surface area (Å²) in [5, 5.41) is 3.39. The molecule has 0 radical (unpaired) electrons. The van der Waals surface area contributed by atoms with Crippen molar-refractivity contribution in [3.8, 4) is 5.75 Å². The normalized spacial score (nSPS) is 10.6. The summed E-state index contributed by atoms with van der Waals surface area (Å²) in [5.41, 5.74) is 1.19. The summed E-state index contributed by atoms with van der Waals surface area (Å²) in [7, 11) is 1.68. The number of rotatable bonds is 6. The fourth-order valence-corrected chi connectivity index (χ4v) is 2.09. The van der Waals surface area contributed by atoms with Crippen LogP contribution in [0.5, 0.6) is 5.75 Å². The van der Waals surface area contributed by atoms with E-state index >= 15 is 0 Å². The summed E-state index contributed by atoms with van der Waals surface area (Å²) in [6.45, 7) is 1.69. The monoisotopic (exact) mass is 309 g/mol. The minimum Gasteiger partial charge on any atom is -0.497 e. The largest absolute Gasteiger partial charge is 0.497 e. The lowest BCUT2D eigenvalue weighted by molar-refractivity contribution is 0.414. The van der Waals surface area contributed by atoms with E-state index in [1.807, 2.05) is 30.3 Å². The molecule has 0 bridgehead atoms. The summed E-state index contributed by atoms with van der Waals surface area (Å²) in [6, 6.07) is 9.87. The molecule has 0 fully saturated rings. The second kappa shape index (κ2) is 6.61. The summed E-state index contributed by atoms with van der Waals surface area (Å²) in [5.74, 6) is 1.88. The number of hydrogen-bond donors (Lipinski definition) is 1. The Hall–Kier alpha value is -1.26. The lowest BCUT2D eigenvalue weighted by Crippen LogP contribution is -2.16. The highest BCUT2D eigenvalue weighted by atomic mass is 79.9. The standard InChI is InChI=1S/C14H16BrNO2/c1-17-13-4-5-14(15)11(9-13)10-16-7-6-12-3-2-8-18-12/h2-5,8-9,16H,6-7,10H2,1H3. The Labute approximate surface area is 115 Å². The zero-order valence-electron chi connectivity index (χ0n) is 10.3. The molecule has 0 unspecified atom stereocenters. The summed E-state index contributed by atoms with van der Waals surface area (Å²) < 4.78 is 11.6. The Balaban J connectivity index is 1.82. The van der Waals surface area contributed by atoms with Gasteiger partial charge in [0.25, 0.3) is 0 Å². The van der Waals surface area contributed by atoms with Crippen molar-refractivity contribution in [3.05, 3.63) is 52.4 Å². The second-order valence-corrected chi connectivity index (χ2v) is 4.82. The summed E-state index contributed by atoms with van der Waals surface area (Å²) >= 11 is 3.54. The van der Waals surface area contributed by atoms with Crippen LogP contribution in [0.1, 0.15) is 11.3 Å². The molecule has 4 heteroatoms. The van der Waals surface area contributed by atoms with Gasteiger partial charge in [0.1, 0.15) is 11.5 Å². The van der Waals surface area contributed by atoms with Crippen molar-refractivity contribution in [3.63, 3.8) is 0 Å². The molecule has 1 aromatic carbocycles. The van der Waals surface area contributed by atoms with Crippen LogP contribution in [0.3, 0.4) is 0 Å². The summed E-state index contributed by atoms with van der Waals surface area (Å²) in [4.78, 5) is 0. The first-order valence-electron chi connectivity index (χ1n) is 5.85. The highest BCUT2D eigenvalue weighted by Crippen LogP contribution is 2.22. The van der Waals surface area contributed by atoms with Crippen LogP contribution in [0.2, 0.25) is 0 Å². The van der Waals surface area contributed by atoms with Gasteiger partial charge >= 0.3 is 0 Å². The molecule has 0 atom stereocenters. The molecule has 1 heterocycles. The minimum atomic E-state index is 0.804. The lowest BCUT2D eigenvalue weighted by Gasteiger charge is -2.08. The number of furan rings is 1. The van der Waals surface area contributed by atoms with Crippen LogP contribution in [0.4, 0.5) is 0 Å². The van der Waals surface area contributed by atoms with Crippen LogP contribution in [0, 0.1) is 0 Å². The van der Waals surface area contributed by atoms with Crippen LogP contribution in [-0.4, -0.2) is 13.7 Å². The van der Waals surface area contributed by atoms with E-state index in [-0.39, 0.29) is 0 Å². The first kappa shape index (κ1) is 13.2. The van der Waals surface area contributed by atoms with E-state index in [0.717, 1.165) is 35.5 Å². The molecule has 0 saturated heterocycles. The topological polar surface area (TPSA) is 34.4 Å². The van der Waals surface area contributed by atoms with Crippen molar-refractivity contribution < 1.29 is 9.15 Å². The van der Waals surface area contributed by atoms with Crippen LogP contribution in [0.15, 0.2) is 45.5 Å². The third kappa shape index (κ3) is 3.62. The molecule has 18 heavy (non-hydrogen) atoms. The predicted molar refractivity (Wildman–Crippen MR) is 74.8 cm³/mol. The van der Waals surface area contributed by atoms with Crippen molar-refractivity contribution in [1.29, 1.82) is 0 Å². The van der Waals surface area contributed by atoms with Gasteiger partial charge in [-0.2, -0.15) is 0 Å². The zero-order chi connectivity index (χ0) is 12.8. The van der Waals surface area contributed by atoms with E-state index in [0.29, 0.717) is 0 Å². The number of nitrogens with one attached hydrogen (secondary N) is 1. The third-order valence-corrected chi connectivity index (χ3v) is 3.47. The highest BCUT2D eigenvalue weighted by molar-refractivity contribution is 9.10. The van der Waals surface area contributed by atoms with E-state index in [2.05, 4.69) is 21.2 Å². The Morgan fingerprint density at radius 3 is 2.94 bits per heavy atom. The van der Waals surface area contributed by atoms with Crippen molar-refractivity contribution in [2.45, 2.75) is 13.0 Å². The maximum Gasteiger partial charge on any atom is 0.119 e. The molecule has 0 aliphatic carbocycles. The molecule has 0 aliphatic heterocycles. The van der Waals surface area contributed by atoms with Gasteiger partial charge < -0.3 is 14.5 Å². The van der Waals surface area contributed by atoms with Crippen LogP contribution in [-0.2, 0) is 13.0 Å². The average molecular weight is 310 g/mol. The van der Waals surface area contributed by atoms with E-state index in [4.69, 9.17) is 9.15 Å². The highest BCUT2D eigenvalue weighted by Gasteiger charge is 2.02. The molecule has 2 aromatic rings. The number of methoxy groups -OCH3 is 1. The minimum absolute atomic E-state index is 0.804. The molecule has 0 amide bonds. The Kier molecular flexibility index (Phi) is 4.84. The average Bonchev–Trinajstić information content (AvgIpc) is 2.89. The number of benzene rings is 1. The molecule has 1 aromatic heterocycles. The van der Waals surface area contributed by atoms with Crippen LogP contribution >= 0.6 is 15.9 Å². The predicted octanol–water partition coefficient (Wildman–Crippen LogP) is 3.38. The fourth-order valence-electron chi connectivity index (χ4n) is 1.70. The first-order valence-corrected chi connectivity index (χ1v) is 6.64. The second-order valence-electron chi connectivity index (χ2n) is 3.96. The van der Waals surface area contributed by atoms with Crippen molar-refractivity contribution >= 4 is 15.9 Å². The van der Waals surface area contributed by atoms with Crippen molar-refractivity contribution in [1.82, 2.24) is 5.32 Å². The Morgan fingerprint density at radius 2 is 2.22 bits per heavy atom. The van der Waals surface area contributed by atoms with Gasteiger partial charge in [-0.25, -0.2) is 0 Å². The van der Waals surface area contributed by atoms with E-state index in [9.17, 15) is 0 Å². The van der Waals surface area contributed by atoms with Gasteiger partial charge in [0, 0.05) is 24.0 Å². The quantitative estimate of drug-likeness (QED) is 0.831. The first-order chi connectivity index (χ1) is 8.79. The number of ether oxygens (including phenoxy) is 1. The van der Waals surface area contributed by atoms with Gasteiger partial charge in [0.05, 0.1) is 13.4 Å². The van der Waals surface area contributed by atoms with E-state index in [1.54, 1.807) is 13.4 Å². The van der Waals surface area contributed by atoms with Crippen LogP contribution in [0.25, 0.3) is 0 Å².